The number of hydrogen-bond acceptors (Lipinski definition) is 4. The highest BCUT2D eigenvalue weighted by Gasteiger charge is 2.06. The van der Waals surface area contributed by atoms with E-state index in [9.17, 15) is 0 Å². The lowest BCUT2D eigenvalue weighted by Gasteiger charge is -2.12. The maximum atomic E-state index is 5.54. The first kappa shape index (κ1) is 15.9. The van der Waals surface area contributed by atoms with Gasteiger partial charge in [-0.25, -0.2) is 9.97 Å². The van der Waals surface area contributed by atoms with E-state index >= 15 is 0 Å². The number of nitrogens with one attached hydrogen (secondary N) is 1. The van der Waals surface area contributed by atoms with E-state index in [1.54, 1.807) is 6.33 Å². The fourth-order valence-corrected chi connectivity index (χ4v) is 2.79. The maximum absolute atomic E-state index is 5.54. The molecule has 0 amide bonds. The first-order valence-electron chi connectivity index (χ1n) is 7.56. The zero-order valence-corrected chi connectivity index (χ0v) is 14.5. The van der Waals surface area contributed by atoms with E-state index < -0.39 is 0 Å². The van der Waals surface area contributed by atoms with Crippen LogP contribution in [0.3, 0.4) is 0 Å². The zero-order valence-electron chi connectivity index (χ0n) is 12.9. The second kappa shape index (κ2) is 7.53. The molecule has 1 heterocycles. The number of benzene rings is 2. The molecule has 118 valence electrons. The van der Waals surface area contributed by atoms with Gasteiger partial charge in [0.05, 0.1) is 12.1 Å². The van der Waals surface area contributed by atoms with E-state index in [-0.39, 0.29) is 0 Å². The summed E-state index contributed by atoms with van der Waals surface area (Å²) in [5, 5.41) is 4.42. The van der Waals surface area contributed by atoms with Gasteiger partial charge in [-0.3, -0.25) is 0 Å². The van der Waals surface area contributed by atoms with Gasteiger partial charge in [-0.1, -0.05) is 40.2 Å². The van der Waals surface area contributed by atoms with Gasteiger partial charge >= 0.3 is 0 Å². The van der Waals surface area contributed by atoms with E-state index in [2.05, 4.69) is 43.3 Å². The molecule has 3 aromatic rings. The third-order valence-electron chi connectivity index (χ3n) is 3.62. The van der Waals surface area contributed by atoms with Crippen LogP contribution in [0.1, 0.15) is 18.1 Å². The molecule has 0 bridgehead atoms. The van der Waals surface area contributed by atoms with Crippen molar-refractivity contribution in [1.29, 1.82) is 0 Å². The summed E-state index contributed by atoms with van der Waals surface area (Å²) in [5.74, 6) is 0.836. The lowest BCUT2D eigenvalue weighted by Crippen LogP contribution is -2.06. The van der Waals surface area contributed by atoms with Gasteiger partial charge in [0, 0.05) is 23.0 Å². The molecule has 3 rings (SSSR count). The Morgan fingerprint density at radius 1 is 1.09 bits per heavy atom. The van der Waals surface area contributed by atoms with Gasteiger partial charge < -0.3 is 10.1 Å². The van der Waals surface area contributed by atoms with Gasteiger partial charge in [0.25, 0.3) is 0 Å². The number of fused-ring (bicyclic) bond motifs is 1. The van der Waals surface area contributed by atoms with Crippen molar-refractivity contribution >= 4 is 32.7 Å². The first-order valence-corrected chi connectivity index (χ1v) is 8.36. The number of aromatic nitrogens is 2. The summed E-state index contributed by atoms with van der Waals surface area (Å²) in [6.07, 6.45) is 1.59. The number of hydrogen-bond donors (Lipinski definition) is 1. The third kappa shape index (κ3) is 3.86. The molecule has 0 aliphatic rings. The minimum absolute atomic E-state index is 0.629. The Balaban J connectivity index is 1.83. The van der Waals surface area contributed by atoms with E-state index in [1.807, 2.05) is 37.3 Å². The van der Waals surface area contributed by atoms with Gasteiger partial charge in [0.2, 0.25) is 0 Å². The average molecular weight is 372 g/mol. The Hall–Kier alpha value is -1.98. The Labute approximate surface area is 144 Å². The average Bonchev–Trinajstić information content (AvgIpc) is 2.59. The molecule has 0 radical (unpaired) electrons. The van der Waals surface area contributed by atoms with Crippen molar-refractivity contribution < 1.29 is 4.74 Å². The quantitative estimate of drug-likeness (QED) is 0.690. The third-order valence-corrected chi connectivity index (χ3v) is 4.12. The molecule has 0 saturated heterocycles. The monoisotopic (exact) mass is 371 g/mol. The second-order valence-corrected chi connectivity index (χ2v) is 6.06. The fraction of sp³-hybridized carbons (Fsp3) is 0.222. The summed E-state index contributed by atoms with van der Waals surface area (Å²) < 4.78 is 6.55. The normalized spacial score (nSPS) is 10.9. The summed E-state index contributed by atoms with van der Waals surface area (Å²) in [4.78, 5) is 8.68. The molecule has 4 nitrogen and oxygen atoms in total. The first-order chi connectivity index (χ1) is 11.3. The van der Waals surface area contributed by atoms with Crippen LogP contribution >= 0.6 is 15.9 Å². The summed E-state index contributed by atoms with van der Waals surface area (Å²) in [7, 11) is 0. The number of anilines is 1. The zero-order chi connectivity index (χ0) is 16.1. The van der Waals surface area contributed by atoms with Crippen LogP contribution in [0.2, 0.25) is 0 Å². The van der Waals surface area contributed by atoms with Gasteiger partial charge in [-0.15, -0.1) is 0 Å². The molecule has 0 atom stereocenters. The van der Waals surface area contributed by atoms with E-state index in [1.165, 1.54) is 11.1 Å². The van der Waals surface area contributed by atoms with Crippen molar-refractivity contribution in [2.75, 3.05) is 11.9 Å². The Bertz CT molecular complexity index is 807. The van der Waals surface area contributed by atoms with E-state index in [4.69, 9.17) is 4.74 Å². The van der Waals surface area contributed by atoms with Crippen LogP contribution in [0.5, 0.6) is 0 Å². The lowest BCUT2D eigenvalue weighted by atomic mass is 10.1. The van der Waals surface area contributed by atoms with Crippen molar-refractivity contribution in [2.45, 2.75) is 20.1 Å². The Morgan fingerprint density at radius 2 is 1.91 bits per heavy atom. The number of halogens is 1. The number of rotatable bonds is 6. The van der Waals surface area contributed by atoms with Crippen LogP contribution in [0, 0.1) is 0 Å². The van der Waals surface area contributed by atoms with E-state index in [0.29, 0.717) is 19.8 Å². The second-order valence-electron chi connectivity index (χ2n) is 5.14. The largest absolute Gasteiger partial charge is 0.377 e. The van der Waals surface area contributed by atoms with Gasteiger partial charge in [-0.2, -0.15) is 0 Å². The molecule has 5 heteroatoms. The van der Waals surface area contributed by atoms with Gasteiger partial charge in [0.1, 0.15) is 12.1 Å². The van der Waals surface area contributed by atoms with Crippen LogP contribution in [0.4, 0.5) is 5.82 Å². The van der Waals surface area contributed by atoms with Crippen molar-refractivity contribution in [1.82, 2.24) is 9.97 Å². The van der Waals surface area contributed by atoms with Crippen molar-refractivity contribution in [3.05, 3.63) is 64.4 Å². The molecule has 0 unspecified atom stereocenters. The molecular weight excluding hydrogens is 354 g/mol. The molecule has 0 saturated carbocycles. The van der Waals surface area contributed by atoms with Crippen LogP contribution in [-0.2, 0) is 17.9 Å². The predicted octanol–water partition coefficient (Wildman–Crippen LogP) is 4.54. The Morgan fingerprint density at radius 3 is 2.74 bits per heavy atom. The Kier molecular flexibility index (Phi) is 5.20. The van der Waals surface area contributed by atoms with Crippen molar-refractivity contribution in [3.63, 3.8) is 0 Å². The molecule has 0 aliphatic heterocycles. The van der Waals surface area contributed by atoms with Crippen LogP contribution in [0.15, 0.2) is 53.3 Å². The molecule has 2 aromatic carbocycles. The minimum Gasteiger partial charge on any atom is -0.377 e. The topological polar surface area (TPSA) is 47.0 Å². The smallest absolute Gasteiger partial charge is 0.137 e. The summed E-state index contributed by atoms with van der Waals surface area (Å²) in [6, 6.07) is 14.3. The highest BCUT2D eigenvalue weighted by molar-refractivity contribution is 9.10. The van der Waals surface area contributed by atoms with E-state index in [0.717, 1.165) is 21.2 Å². The fourth-order valence-electron chi connectivity index (χ4n) is 2.43. The number of nitrogens with zero attached hydrogens (tertiary/aromatic N) is 2. The highest BCUT2D eigenvalue weighted by atomic mass is 79.9. The maximum Gasteiger partial charge on any atom is 0.137 e. The SMILES string of the molecule is CCOCc1ccccc1CNc1ncnc2ccc(Br)cc12. The molecule has 0 spiro atoms. The van der Waals surface area contributed by atoms with Crippen LogP contribution in [0.25, 0.3) is 10.9 Å². The predicted molar refractivity (Wildman–Crippen MR) is 96.3 cm³/mol. The van der Waals surface area contributed by atoms with Crippen LogP contribution in [-0.4, -0.2) is 16.6 Å². The van der Waals surface area contributed by atoms with Gasteiger partial charge in [-0.05, 0) is 36.2 Å². The molecule has 0 fully saturated rings. The summed E-state index contributed by atoms with van der Waals surface area (Å²) in [5.41, 5.74) is 3.33. The van der Waals surface area contributed by atoms with Crippen molar-refractivity contribution in [3.8, 4) is 0 Å². The lowest BCUT2D eigenvalue weighted by molar-refractivity contribution is 0.133. The molecule has 1 aromatic heterocycles. The van der Waals surface area contributed by atoms with Crippen molar-refractivity contribution in [2.24, 2.45) is 0 Å². The molecule has 1 N–H and O–H groups in total. The summed E-state index contributed by atoms with van der Waals surface area (Å²) in [6.45, 7) is 4.05. The number of ether oxygens (including phenoxy) is 1. The molecule has 23 heavy (non-hydrogen) atoms. The van der Waals surface area contributed by atoms with Gasteiger partial charge in [0.15, 0.2) is 0 Å². The molecular formula is C18H18BrN3O. The van der Waals surface area contributed by atoms with Crippen LogP contribution < -0.4 is 5.32 Å². The molecule has 0 aliphatic carbocycles. The standard InChI is InChI=1S/C18H18BrN3O/c1-2-23-11-14-6-4-3-5-13(14)10-20-18-16-9-15(19)7-8-17(16)21-12-22-18/h3-9,12H,2,10-11H2,1H3,(H,20,21,22). The summed E-state index contributed by atoms with van der Waals surface area (Å²) >= 11 is 3.50. The minimum atomic E-state index is 0.629. The highest BCUT2D eigenvalue weighted by Crippen LogP contribution is 2.24.